The summed E-state index contributed by atoms with van der Waals surface area (Å²) in [7, 11) is -2.50. The highest BCUT2D eigenvalue weighted by Gasteiger charge is 2.27. The second-order valence-electron chi connectivity index (χ2n) is 7.01. The van der Waals surface area contributed by atoms with Gasteiger partial charge in [0.05, 0.1) is 27.7 Å². The van der Waals surface area contributed by atoms with E-state index in [9.17, 15) is 13.2 Å². The van der Waals surface area contributed by atoms with Crippen LogP contribution in [0.2, 0.25) is 10.0 Å². The molecule has 0 aliphatic heterocycles. The Morgan fingerprint density at radius 3 is 2.34 bits per heavy atom. The fourth-order valence-electron chi connectivity index (χ4n) is 3.02. The molecule has 0 bridgehead atoms. The number of sulfonamides is 1. The Bertz CT molecular complexity index is 1210. The van der Waals surface area contributed by atoms with Gasteiger partial charge in [-0.25, -0.2) is 8.42 Å². The van der Waals surface area contributed by atoms with E-state index in [1.54, 1.807) is 25.3 Å². The number of benzene rings is 3. The number of rotatable bonds is 8. The largest absolute Gasteiger partial charge is 0.496 e. The molecule has 0 fully saturated rings. The van der Waals surface area contributed by atoms with E-state index in [0.717, 1.165) is 15.4 Å². The number of carbonyl (C=O) groups is 1. The second-order valence-corrected chi connectivity index (χ2v) is 9.69. The van der Waals surface area contributed by atoms with Gasteiger partial charge in [-0.2, -0.15) is 0 Å². The minimum atomic E-state index is -4.05. The van der Waals surface area contributed by atoms with Gasteiger partial charge in [0.25, 0.3) is 10.0 Å². The summed E-state index contributed by atoms with van der Waals surface area (Å²) in [6.45, 7) is 1.60. The van der Waals surface area contributed by atoms with Crippen LogP contribution in [0.15, 0.2) is 71.6 Å². The summed E-state index contributed by atoms with van der Waals surface area (Å²) in [4.78, 5) is 12.8. The van der Waals surface area contributed by atoms with Crippen LogP contribution >= 0.6 is 23.2 Å². The Kier molecular flexibility index (Phi) is 7.66. The number of anilines is 1. The molecule has 3 aromatic rings. The zero-order valence-corrected chi connectivity index (χ0v) is 19.8. The first-order valence-electron chi connectivity index (χ1n) is 9.65. The van der Waals surface area contributed by atoms with E-state index in [1.165, 1.54) is 30.3 Å². The molecular formula is C23H22Cl2N2O4S. The summed E-state index contributed by atoms with van der Waals surface area (Å²) in [5.74, 6) is 0.138. The molecule has 168 valence electrons. The molecular weight excluding hydrogens is 471 g/mol. The standard InChI is InChI=1S/C23H22Cl2N2O4S/c1-16-7-10-19(11-8-16)32(29,30)27(18-9-12-20(24)21(25)13-18)15-23(28)26-14-17-5-3-4-6-22(17)31-2/h3-13H,14-15H2,1-2H3,(H,26,28). The smallest absolute Gasteiger partial charge is 0.264 e. The molecule has 0 saturated heterocycles. The predicted octanol–water partition coefficient (Wildman–Crippen LogP) is 4.82. The highest BCUT2D eigenvalue weighted by molar-refractivity contribution is 7.92. The number of amides is 1. The number of para-hydroxylation sites is 1. The van der Waals surface area contributed by atoms with Crippen molar-refractivity contribution in [2.45, 2.75) is 18.4 Å². The Labute approximate surface area is 197 Å². The van der Waals surface area contributed by atoms with Gasteiger partial charge in [0.2, 0.25) is 5.91 Å². The zero-order chi connectivity index (χ0) is 23.3. The quantitative estimate of drug-likeness (QED) is 0.488. The van der Waals surface area contributed by atoms with E-state index in [-0.39, 0.29) is 27.2 Å². The number of aryl methyl sites for hydroxylation is 1. The monoisotopic (exact) mass is 492 g/mol. The van der Waals surface area contributed by atoms with Crippen LogP contribution in [0.3, 0.4) is 0 Å². The molecule has 1 amide bonds. The molecule has 0 aliphatic rings. The maximum atomic E-state index is 13.4. The average Bonchev–Trinajstić information content (AvgIpc) is 2.78. The minimum absolute atomic E-state index is 0.0618. The lowest BCUT2D eigenvalue weighted by molar-refractivity contribution is -0.119. The van der Waals surface area contributed by atoms with Crippen molar-refractivity contribution in [1.82, 2.24) is 5.32 Å². The predicted molar refractivity (Wildman–Crippen MR) is 127 cm³/mol. The summed E-state index contributed by atoms with van der Waals surface area (Å²) >= 11 is 12.1. The Morgan fingerprint density at radius 2 is 1.69 bits per heavy atom. The summed E-state index contributed by atoms with van der Waals surface area (Å²) in [6, 6.07) is 18.1. The lowest BCUT2D eigenvalue weighted by atomic mass is 10.2. The Balaban J connectivity index is 1.89. The van der Waals surface area contributed by atoms with Crippen LogP contribution in [0.4, 0.5) is 5.69 Å². The van der Waals surface area contributed by atoms with Gasteiger partial charge in [-0.1, -0.05) is 59.1 Å². The van der Waals surface area contributed by atoms with Crippen LogP contribution in [0.5, 0.6) is 5.75 Å². The van der Waals surface area contributed by atoms with Gasteiger partial charge >= 0.3 is 0 Å². The third-order valence-electron chi connectivity index (χ3n) is 4.76. The van der Waals surface area contributed by atoms with Crippen molar-refractivity contribution in [3.05, 3.63) is 87.9 Å². The third-order valence-corrected chi connectivity index (χ3v) is 7.28. The summed E-state index contributed by atoms with van der Waals surface area (Å²) in [5, 5.41) is 3.21. The van der Waals surface area contributed by atoms with Crippen LogP contribution in [-0.2, 0) is 21.4 Å². The number of nitrogens with one attached hydrogen (secondary N) is 1. The molecule has 0 radical (unpaired) electrons. The van der Waals surface area contributed by atoms with Crippen molar-refractivity contribution in [2.24, 2.45) is 0 Å². The Morgan fingerprint density at radius 1 is 1.00 bits per heavy atom. The molecule has 0 atom stereocenters. The number of ether oxygens (including phenoxy) is 1. The Hall–Kier alpha value is -2.74. The van der Waals surface area contributed by atoms with Crippen molar-refractivity contribution < 1.29 is 17.9 Å². The number of hydrogen-bond acceptors (Lipinski definition) is 4. The number of nitrogens with zero attached hydrogens (tertiary/aromatic N) is 1. The van der Waals surface area contributed by atoms with Crippen molar-refractivity contribution in [1.29, 1.82) is 0 Å². The van der Waals surface area contributed by atoms with Crippen LogP contribution in [0.1, 0.15) is 11.1 Å². The van der Waals surface area contributed by atoms with Gasteiger partial charge in [-0.3, -0.25) is 9.10 Å². The summed E-state index contributed by atoms with van der Waals surface area (Å²) in [6.07, 6.45) is 0. The van der Waals surface area contributed by atoms with E-state index < -0.39 is 22.5 Å². The van der Waals surface area contributed by atoms with E-state index >= 15 is 0 Å². The molecule has 1 N–H and O–H groups in total. The lowest BCUT2D eigenvalue weighted by Gasteiger charge is -2.24. The summed E-state index contributed by atoms with van der Waals surface area (Å²) in [5.41, 5.74) is 1.91. The SMILES string of the molecule is COc1ccccc1CNC(=O)CN(c1ccc(Cl)c(Cl)c1)S(=O)(=O)c1ccc(C)cc1. The molecule has 0 saturated carbocycles. The molecule has 0 aromatic heterocycles. The fourth-order valence-corrected chi connectivity index (χ4v) is 4.73. The minimum Gasteiger partial charge on any atom is -0.496 e. The maximum Gasteiger partial charge on any atom is 0.264 e. The number of methoxy groups -OCH3 is 1. The van der Waals surface area contributed by atoms with Crippen LogP contribution in [0, 0.1) is 6.92 Å². The topological polar surface area (TPSA) is 75.7 Å². The summed E-state index contributed by atoms with van der Waals surface area (Å²) < 4.78 is 33.1. The molecule has 0 spiro atoms. The molecule has 3 aromatic carbocycles. The number of halogens is 2. The highest BCUT2D eigenvalue weighted by atomic mass is 35.5. The van der Waals surface area contributed by atoms with Gasteiger partial charge in [-0.15, -0.1) is 0 Å². The normalized spacial score (nSPS) is 11.1. The number of carbonyl (C=O) groups excluding carboxylic acids is 1. The van der Waals surface area contributed by atoms with Gasteiger partial charge in [0.1, 0.15) is 12.3 Å². The average molecular weight is 493 g/mol. The first-order chi connectivity index (χ1) is 15.2. The van der Waals surface area contributed by atoms with E-state index in [0.29, 0.717) is 5.75 Å². The van der Waals surface area contributed by atoms with E-state index in [2.05, 4.69) is 5.32 Å². The lowest BCUT2D eigenvalue weighted by Crippen LogP contribution is -2.40. The van der Waals surface area contributed by atoms with Crippen molar-refractivity contribution in [3.63, 3.8) is 0 Å². The van der Waals surface area contributed by atoms with Gasteiger partial charge in [0.15, 0.2) is 0 Å². The molecule has 32 heavy (non-hydrogen) atoms. The van der Waals surface area contributed by atoms with Gasteiger partial charge in [0, 0.05) is 12.1 Å². The first-order valence-corrected chi connectivity index (χ1v) is 11.8. The van der Waals surface area contributed by atoms with Crippen LogP contribution in [0.25, 0.3) is 0 Å². The van der Waals surface area contributed by atoms with Crippen molar-refractivity contribution in [3.8, 4) is 5.75 Å². The fraction of sp³-hybridized carbons (Fsp3) is 0.174. The van der Waals surface area contributed by atoms with E-state index in [1.807, 2.05) is 25.1 Å². The van der Waals surface area contributed by atoms with E-state index in [4.69, 9.17) is 27.9 Å². The molecule has 3 rings (SSSR count). The maximum absolute atomic E-state index is 13.4. The molecule has 0 aliphatic carbocycles. The first kappa shape index (κ1) is 23.9. The number of hydrogen-bond donors (Lipinski definition) is 1. The second kappa shape index (κ2) is 10.3. The molecule has 0 heterocycles. The van der Waals surface area contributed by atoms with Crippen LogP contribution < -0.4 is 14.4 Å². The van der Waals surface area contributed by atoms with Crippen molar-refractivity contribution in [2.75, 3.05) is 18.0 Å². The van der Waals surface area contributed by atoms with Crippen molar-refractivity contribution >= 4 is 44.8 Å². The highest BCUT2D eigenvalue weighted by Crippen LogP contribution is 2.30. The molecule has 6 nitrogen and oxygen atoms in total. The zero-order valence-electron chi connectivity index (χ0n) is 17.5. The molecule has 9 heteroatoms. The van der Waals surface area contributed by atoms with Gasteiger partial charge in [-0.05, 0) is 43.3 Å². The molecule has 0 unspecified atom stereocenters. The third kappa shape index (κ3) is 5.54. The van der Waals surface area contributed by atoms with Crippen LogP contribution in [-0.4, -0.2) is 28.0 Å². The van der Waals surface area contributed by atoms with Gasteiger partial charge < -0.3 is 10.1 Å².